The van der Waals surface area contributed by atoms with Crippen LogP contribution in [0.4, 0.5) is 0 Å². The molecule has 3 heteroatoms. The van der Waals surface area contributed by atoms with Crippen molar-refractivity contribution in [3.8, 4) is 11.1 Å². The highest BCUT2D eigenvalue weighted by Gasteiger charge is 2.09. The minimum absolute atomic E-state index is 0. The van der Waals surface area contributed by atoms with E-state index in [4.69, 9.17) is 0 Å². The largest absolute Gasteiger partial charge is 0.388 e. The van der Waals surface area contributed by atoms with Crippen LogP contribution in [0.25, 0.3) is 11.1 Å². The zero-order valence-corrected chi connectivity index (χ0v) is 14.2. The van der Waals surface area contributed by atoms with Crippen molar-refractivity contribution < 1.29 is 5.11 Å². The van der Waals surface area contributed by atoms with E-state index in [1.807, 2.05) is 30.3 Å². The van der Waals surface area contributed by atoms with Gasteiger partial charge in [0.2, 0.25) is 0 Å². The van der Waals surface area contributed by atoms with Crippen LogP contribution in [0.1, 0.15) is 31.9 Å². The summed E-state index contributed by atoms with van der Waals surface area (Å²) >= 11 is 0. The Kier molecular flexibility index (Phi) is 8.18. The van der Waals surface area contributed by atoms with E-state index in [1.165, 1.54) is 11.1 Å². The highest BCUT2D eigenvalue weighted by molar-refractivity contribution is 5.85. The molecule has 1 unspecified atom stereocenters. The van der Waals surface area contributed by atoms with E-state index in [0.717, 1.165) is 31.6 Å². The lowest BCUT2D eigenvalue weighted by atomic mass is 10.0. The summed E-state index contributed by atoms with van der Waals surface area (Å²) < 4.78 is 0. The Morgan fingerprint density at radius 1 is 0.864 bits per heavy atom. The smallest absolute Gasteiger partial charge is 0.0802 e. The number of aliphatic hydroxyl groups is 1. The molecule has 120 valence electrons. The summed E-state index contributed by atoms with van der Waals surface area (Å²) in [6.45, 7) is 7.33. The molecule has 1 N–H and O–H groups in total. The molecule has 0 saturated carbocycles. The van der Waals surface area contributed by atoms with E-state index >= 15 is 0 Å². The highest BCUT2D eigenvalue weighted by atomic mass is 35.5. The Labute approximate surface area is 140 Å². The van der Waals surface area contributed by atoms with Crippen LogP contribution in [0, 0.1) is 0 Å². The van der Waals surface area contributed by atoms with Crippen molar-refractivity contribution in [3.05, 3.63) is 60.2 Å². The van der Waals surface area contributed by atoms with Gasteiger partial charge in [-0.05, 0) is 36.2 Å². The Balaban J connectivity index is 0.00000242. The third-order valence-corrected chi connectivity index (χ3v) is 4.02. The number of halogens is 1. The number of rotatable bonds is 7. The maximum Gasteiger partial charge on any atom is 0.0802 e. The van der Waals surface area contributed by atoms with Gasteiger partial charge < -0.3 is 10.0 Å². The van der Waals surface area contributed by atoms with Crippen LogP contribution < -0.4 is 0 Å². The number of hydrogen-bond donors (Lipinski definition) is 1. The molecule has 0 amide bonds. The van der Waals surface area contributed by atoms with Crippen LogP contribution in [-0.4, -0.2) is 29.6 Å². The SMILES string of the molecule is CCN(CC)CCC(O)c1ccc(-c2ccccc2)cc1.Cl. The first kappa shape index (κ1) is 18.7. The fourth-order valence-electron chi connectivity index (χ4n) is 2.54. The number of aliphatic hydroxyl groups excluding tert-OH is 1. The van der Waals surface area contributed by atoms with Gasteiger partial charge in [-0.3, -0.25) is 0 Å². The summed E-state index contributed by atoms with van der Waals surface area (Å²) in [5.74, 6) is 0. The first-order chi connectivity index (χ1) is 10.2. The van der Waals surface area contributed by atoms with Crippen molar-refractivity contribution in [1.29, 1.82) is 0 Å². The molecule has 0 fully saturated rings. The summed E-state index contributed by atoms with van der Waals surface area (Å²) in [5, 5.41) is 10.3. The van der Waals surface area contributed by atoms with Crippen molar-refractivity contribution in [3.63, 3.8) is 0 Å². The summed E-state index contributed by atoms with van der Waals surface area (Å²) in [6.07, 6.45) is 0.405. The maximum absolute atomic E-state index is 10.3. The standard InChI is InChI=1S/C19H25NO.ClH/c1-3-20(4-2)15-14-19(21)18-12-10-17(11-13-18)16-8-6-5-7-9-16;/h5-13,19,21H,3-4,14-15H2,1-2H3;1H. The molecule has 0 aliphatic rings. The Hall–Kier alpha value is -1.35. The third kappa shape index (κ3) is 5.13. The highest BCUT2D eigenvalue weighted by Crippen LogP contribution is 2.23. The molecule has 2 nitrogen and oxygen atoms in total. The van der Waals surface area contributed by atoms with Crippen LogP contribution in [0.3, 0.4) is 0 Å². The molecule has 0 radical (unpaired) electrons. The molecular weight excluding hydrogens is 294 g/mol. The van der Waals surface area contributed by atoms with Gasteiger partial charge in [0.1, 0.15) is 0 Å². The van der Waals surface area contributed by atoms with Crippen molar-refractivity contribution in [2.45, 2.75) is 26.4 Å². The van der Waals surface area contributed by atoms with E-state index in [0.29, 0.717) is 0 Å². The lowest BCUT2D eigenvalue weighted by Gasteiger charge is -2.20. The van der Waals surface area contributed by atoms with E-state index in [2.05, 4.69) is 43.0 Å². The van der Waals surface area contributed by atoms with Gasteiger partial charge in [0.15, 0.2) is 0 Å². The molecule has 0 aliphatic heterocycles. The van der Waals surface area contributed by atoms with Crippen LogP contribution in [0.15, 0.2) is 54.6 Å². The predicted octanol–water partition coefficient (Wildman–Crippen LogP) is 4.54. The molecule has 2 rings (SSSR count). The Bertz CT molecular complexity index is 523. The second kappa shape index (κ2) is 9.62. The zero-order valence-electron chi connectivity index (χ0n) is 13.4. The van der Waals surface area contributed by atoms with Gasteiger partial charge in [-0.2, -0.15) is 0 Å². The molecular formula is C19H26ClNO. The molecule has 0 aliphatic carbocycles. The van der Waals surface area contributed by atoms with E-state index in [1.54, 1.807) is 0 Å². The van der Waals surface area contributed by atoms with Gasteiger partial charge in [0.25, 0.3) is 0 Å². The molecule has 0 aromatic heterocycles. The number of benzene rings is 2. The average Bonchev–Trinajstić information content (AvgIpc) is 2.56. The lowest BCUT2D eigenvalue weighted by molar-refractivity contribution is 0.145. The monoisotopic (exact) mass is 319 g/mol. The van der Waals surface area contributed by atoms with Crippen molar-refractivity contribution in [1.82, 2.24) is 4.90 Å². The van der Waals surface area contributed by atoms with Crippen LogP contribution in [0.5, 0.6) is 0 Å². The van der Waals surface area contributed by atoms with Gasteiger partial charge in [-0.1, -0.05) is 68.4 Å². The maximum atomic E-state index is 10.3. The Morgan fingerprint density at radius 3 is 1.95 bits per heavy atom. The fraction of sp³-hybridized carbons (Fsp3) is 0.368. The van der Waals surface area contributed by atoms with Crippen LogP contribution in [0.2, 0.25) is 0 Å². The second-order valence-corrected chi connectivity index (χ2v) is 5.32. The van der Waals surface area contributed by atoms with Gasteiger partial charge in [0.05, 0.1) is 6.10 Å². The van der Waals surface area contributed by atoms with Crippen LogP contribution in [-0.2, 0) is 0 Å². The quantitative estimate of drug-likeness (QED) is 0.810. The summed E-state index contributed by atoms with van der Waals surface area (Å²) in [7, 11) is 0. The molecule has 2 aromatic carbocycles. The third-order valence-electron chi connectivity index (χ3n) is 4.02. The molecule has 22 heavy (non-hydrogen) atoms. The fourth-order valence-corrected chi connectivity index (χ4v) is 2.54. The summed E-state index contributed by atoms with van der Waals surface area (Å²) in [4.78, 5) is 2.33. The number of hydrogen-bond acceptors (Lipinski definition) is 2. The predicted molar refractivity (Wildman–Crippen MR) is 96.5 cm³/mol. The van der Waals surface area contributed by atoms with Crippen molar-refractivity contribution >= 4 is 12.4 Å². The molecule has 0 spiro atoms. The van der Waals surface area contributed by atoms with Gasteiger partial charge >= 0.3 is 0 Å². The molecule has 2 aromatic rings. The minimum atomic E-state index is -0.379. The topological polar surface area (TPSA) is 23.5 Å². The molecule has 0 heterocycles. The molecule has 0 bridgehead atoms. The molecule has 0 saturated heterocycles. The average molecular weight is 320 g/mol. The number of nitrogens with zero attached hydrogens (tertiary/aromatic N) is 1. The van der Waals surface area contributed by atoms with E-state index in [-0.39, 0.29) is 18.5 Å². The summed E-state index contributed by atoms with van der Waals surface area (Å²) in [5.41, 5.74) is 3.40. The van der Waals surface area contributed by atoms with Gasteiger partial charge in [-0.25, -0.2) is 0 Å². The first-order valence-corrected chi connectivity index (χ1v) is 7.80. The van der Waals surface area contributed by atoms with E-state index < -0.39 is 0 Å². The van der Waals surface area contributed by atoms with Crippen LogP contribution >= 0.6 is 12.4 Å². The molecule has 1 atom stereocenters. The Morgan fingerprint density at radius 2 is 1.41 bits per heavy atom. The normalized spacial score (nSPS) is 12.0. The first-order valence-electron chi connectivity index (χ1n) is 7.80. The van der Waals surface area contributed by atoms with E-state index in [9.17, 15) is 5.11 Å². The zero-order chi connectivity index (χ0) is 15.1. The van der Waals surface area contributed by atoms with Crippen molar-refractivity contribution in [2.75, 3.05) is 19.6 Å². The van der Waals surface area contributed by atoms with Gasteiger partial charge in [-0.15, -0.1) is 12.4 Å². The second-order valence-electron chi connectivity index (χ2n) is 5.32. The minimum Gasteiger partial charge on any atom is -0.388 e. The van der Waals surface area contributed by atoms with Gasteiger partial charge in [0, 0.05) is 6.54 Å². The lowest BCUT2D eigenvalue weighted by Crippen LogP contribution is -2.25. The van der Waals surface area contributed by atoms with Crippen molar-refractivity contribution in [2.24, 2.45) is 0 Å². The summed E-state index contributed by atoms with van der Waals surface area (Å²) in [6, 6.07) is 18.6.